The number of benzene rings is 1. The number of hydrogen-bond acceptors (Lipinski definition) is 2. The van der Waals surface area contributed by atoms with Gasteiger partial charge < -0.3 is 5.32 Å². The summed E-state index contributed by atoms with van der Waals surface area (Å²) in [4.78, 5) is 1.39. The highest BCUT2D eigenvalue weighted by Gasteiger charge is 2.05. The van der Waals surface area contributed by atoms with Crippen molar-refractivity contribution in [2.75, 3.05) is 0 Å². The second kappa shape index (κ2) is 6.12. The lowest BCUT2D eigenvalue weighted by Crippen LogP contribution is -2.27. The summed E-state index contributed by atoms with van der Waals surface area (Å²) in [5, 5.41) is 5.57. The van der Waals surface area contributed by atoms with Crippen LogP contribution in [0.25, 0.3) is 0 Å². The molecule has 96 valence electrons. The van der Waals surface area contributed by atoms with Gasteiger partial charge in [0.25, 0.3) is 0 Å². The zero-order chi connectivity index (χ0) is 13.0. The Hall–Kier alpha value is -1.19. The van der Waals surface area contributed by atoms with Gasteiger partial charge in [0.05, 0.1) is 0 Å². The smallest absolute Gasteiger partial charge is 0.126 e. The largest absolute Gasteiger partial charge is 0.310 e. The highest BCUT2D eigenvalue weighted by molar-refractivity contribution is 7.09. The first-order valence-corrected chi connectivity index (χ1v) is 7.04. The van der Waals surface area contributed by atoms with Crippen LogP contribution >= 0.6 is 11.3 Å². The predicted molar refractivity (Wildman–Crippen MR) is 75.5 cm³/mol. The lowest BCUT2D eigenvalue weighted by Gasteiger charge is -2.13. The van der Waals surface area contributed by atoms with Gasteiger partial charge in [0.2, 0.25) is 0 Å². The zero-order valence-corrected chi connectivity index (χ0v) is 11.6. The van der Waals surface area contributed by atoms with Gasteiger partial charge in [-0.3, -0.25) is 0 Å². The molecular weight excluding hydrogens is 245 g/mol. The maximum Gasteiger partial charge on any atom is 0.126 e. The summed E-state index contributed by atoms with van der Waals surface area (Å²) in [6.45, 7) is 4.76. The molecule has 1 nitrogen and oxygen atoms in total. The second-order valence-electron chi connectivity index (χ2n) is 4.65. The van der Waals surface area contributed by atoms with Crippen LogP contribution in [0, 0.1) is 12.7 Å². The fourth-order valence-corrected chi connectivity index (χ4v) is 2.75. The topological polar surface area (TPSA) is 12.0 Å². The van der Waals surface area contributed by atoms with Crippen molar-refractivity contribution in [1.29, 1.82) is 0 Å². The van der Waals surface area contributed by atoms with Gasteiger partial charge in [-0.2, -0.15) is 0 Å². The molecular formula is C15H18FNS. The molecule has 0 fully saturated rings. The number of aryl methyl sites for hydroxylation is 1. The van der Waals surface area contributed by atoms with E-state index in [0.29, 0.717) is 11.6 Å². The molecule has 1 aromatic heterocycles. The monoisotopic (exact) mass is 263 g/mol. The summed E-state index contributed by atoms with van der Waals surface area (Å²) in [5.41, 5.74) is 1.84. The number of nitrogens with one attached hydrogen (secondary N) is 1. The summed E-state index contributed by atoms with van der Waals surface area (Å²) in [5.74, 6) is -0.134. The molecule has 0 radical (unpaired) electrons. The average Bonchev–Trinajstić information content (AvgIpc) is 2.83. The van der Waals surface area contributed by atoms with Crippen molar-refractivity contribution in [2.24, 2.45) is 0 Å². The molecule has 0 bridgehead atoms. The summed E-state index contributed by atoms with van der Waals surface area (Å²) in [7, 11) is 0. The number of halogens is 1. The molecule has 1 unspecified atom stereocenters. The molecule has 18 heavy (non-hydrogen) atoms. The van der Waals surface area contributed by atoms with Crippen molar-refractivity contribution in [3.8, 4) is 0 Å². The van der Waals surface area contributed by atoms with Crippen molar-refractivity contribution < 1.29 is 4.39 Å². The lowest BCUT2D eigenvalue weighted by atomic mass is 10.1. The van der Waals surface area contributed by atoms with Crippen LogP contribution < -0.4 is 5.32 Å². The highest BCUT2D eigenvalue weighted by atomic mass is 32.1. The summed E-state index contributed by atoms with van der Waals surface area (Å²) in [6, 6.07) is 9.94. The Kier molecular flexibility index (Phi) is 4.50. The van der Waals surface area contributed by atoms with Gasteiger partial charge in [-0.25, -0.2) is 4.39 Å². The molecule has 0 spiro atoms. The minimum Gasteiger partial charge on any atom is -0.310 e. The van der Waals surface area contributed by atoms with Gasteiger partial charge in [-0.05, 0) is 48.9 Å². The Labute approximate surface area is 112 Å². The van der Waals surface area contributed by atoms with E-state index in [0.717, 1.165) is 18.5 Å². The Balaban J connectivity index is 1.85. The fraction of sp³-hybridized carbons (Fsp3) is 0.333. The van der Waals surface area contributed by atoms with E-state index in [1.807, 2.05) is 12.1 Å². The van der Waals surface area contributed by atoms with Gasteiger partial charge in [0.15, 0.2) is 0 Å². The highest BCUT2D eigenvalue weighted by Crippen LogP contribution is 2.12. The third-order valence-electron chi connectivity index (χ3n) is 2.96. The molecule has 1 heterocycles. The molecule has 1 aromatic carbocycles. The van der Waals surface area contributed by atoms with Crippen molar-refractivity contribution in [3.05, 3.63) is 57.5 Å². The molecule has 0 saturated carbocycles. The van der Waals surface area contributed by atoms with E-state index in [1.54, 1.807) is 18.3 Å². The van der Waals surface area contributed by atoms with E-state index in [4.69, 9.17) is 0 Å². The molecule has 0 saturated heterocycles. The van der Waals surface area contributed by atoms with Crippen LogP contribution in [-0.4, -0.2) is 6.04 Å². The van der Waals surface area contributed by atoms with Crippen molar-refractivity contribution in [3.63, 3.8) is 0 Å². The fourth-order valence-electron chi connectivity index (χ4n) is 1.91. The van der Waals surface area contributed by atoms with Gasteiger partial charge in [-0.15, -0.1) is 11.3 Å². The van der Waals surface area contributed by atoms with Crippen LogP contribution in [-0.2, 0) is 13.0 Å². The summed E-state index contributed by atoms with van der Waals surface area (Å²) < 4.78 is 13.1. The minimum atomic E-state index is -0.134. The Bertz CT molecular complexity index is 493. The molecule has 2 rings (SSSR count). The van der Waals surface area contributed by atoms with E-state index in [9.17, 15) is 4.39 Å². The maximum absolute atomic E-state index is 13.1. The van der Waals surface area contributed by atoms with Crippen molar-refractivity contribution >= 4 is 11.3 Å². The van der Waals surface area contributed by atoms with Gasteiger partial charge in [-0.1, -0.05) is 18.2 Å². The van der Waals surface area contributed by atoms with E-state index in [2.05, 4.69) is 29.8 Å². The Morgan fingerprint density at radius 3 is 2.83 bits per heavy atom. The molecule has 0 aliphatic carbocycles. The molecule has 1 atom stereocenters. The lowest BCUT2D eigenvalue weighted by molar-refractivity contribution is 0.547. The molecule has 0 aliphatic heterocycles. The van der Waals surface area contributed by atoms with Crippen LogP contribution in [0.1, 0.15) is 22.9 Å². The SMILES string of the molecule is Cc1cc(CNC(C)Cc2cccs2)ccc1F. The second-order valence-corrected chi connectivity index (χ2v) is 5.68. The quantitative estimate of drug-likeness (QED) is 0.862. The standard InChI is InChI=1S/C15H18FNS/c1-11-8-13(5-6-15(11)16)10-17-12(2)9-14-4-3-7-18-14/h3-8,12,17H,9-10H2,1-2H3. The molecule has 0 amide bonds. The van der Waals surface area contributed by atoms with Crippen LogP contribution in [0.3, 0.4) is 0 Å². The normalized spacial score (nSPS) is 12.6. The van der Waals surface area contributed by atoms with Gasteiger partial charge >= 0.3 is 0 Å². The summed E-state index contributed by atoms with van der Waals surface area (Å²) in [6.07, 6.45) is 1.04. The van der Waals surface area contributed by atoms with Crippen molar-refractivity contribution in [1.82, 2.24) is 5.32 Å². The Morgan fingerprint density at radius 1 is 1.33 bits per heavy atom. The van der Waals surface area contributed by atoms with Crippen LogP contribution in [0.4, 0.5) is 4.39 Å². The third kappa shape index (κ3) is 3.65. The van der Waals surface area contributed by atoms with Crippen LogP contribution in [0.5, 0.6) is 0 Å². The average molecular weight is 263 g/mol. The van der Waals surface area contributed by atoms with Crippen LogP contribution in [0.2, 0.25) is 0 Å². The molecule has 3 heteroatoms. The zero-order valence-electron chi connectivity index (χ0n) is 10.7. The molecule has 1 N–H and O–H groups in total. The van der Waals surface area contributed by atoms with Crippen molar-refractivity contribution in [2.45, 2.75) is 32.9 Å². The summed E-state index contributed by atoms with van der Waals surface area (Å²) >= 11 is 1.79. The third-order valence-corrected chi connectivity index (χ3v) is 3.86. The molecule has 2 aromatic rings. The van der Waals surface area contributed by atoms with E-state index in [-0.39, 0.29) is 5.82 Å². The first-order valence-electron chi connectivity index (χ1n) is 6.16. The number of rotatable bonds is 5. The Morgan fingerprint density at radius 2 is 2.17 bits per heavy atom. The first-order chi connectivity index (χ1) is 8.65. The van der Waals surface area contributed by atoms with E-state index >= 15 is 0 Å². The minimum absolute atomic E-state index is 0.134. The first kappa shape index (κ1) is 13.2. The number of hydrogen-bond donors (Lipinski definition) is 1. The van der Waals surface area contributed by atoms with E-state index in [1.165, 1.54) is 10.9 Å². The van der Waals surface area contributed by atoms with Gasteiger partial charge in [0.1, 0.15) is 5.82 Å². The van der Waals surface area contributed by atoms with Gasteiger partial charge in [0, 0.05) is 17.5 Å². The van der Waals surface area contributed by atoms with Crippen LogP contribution in [0.15, 0.2) is 35.7 Å². The number of thiophene rings is 1. The molecule has 0 aliphatic rings. The van der Waals surface area contributed by atoms with E-state index < -0.39 is 0 Å². The predicted octanol–water partition coefficient (Wildman–Crippen LogP) is 3.92. The maximum atomic E-state index is 13.1.